The first-order chi connectivity index (χ1) is 5.92. The number of carbonyl (C=O) groups is 1. The third kappa shape index (κ3) is 3.28. The van der Waals surface area contributed by atoms with Crippen LogP contribution in [-0.2, 0) is 4.79 Å². The van der Waals surface area contributed by atoms with Gasteiger partial charge < -0.3 is 4.90 Å². The van der Waals surface area contributed by atoms with Crippen LogP contribution in [0.2, 0.25) is 0 Å². The molecule has 1 amide bonds. The van der Waals surface area contributed by atoms with Gasteiger partial charge in [0.1, 0.15) is 0 Å². The molecule has 0 radical (unpaired) electrons. The summed E-state index contributed by atoms with van der Waals surface area (Å²) in [6, 6.07) is 0. The molecule has 0 spiro atoms. The first-order valence-corrected chi connectivity index (χ1v) is 4.59. The van der Waals surface area contributed by atoms with Gasteiger partial charge in [-0.15, -0.1) is 0 Å². The van der Waals surface area contributed by atoms with Crippen molar-refractivity contribution in [2.45, 2.75) is 33.6 Å². The second-order valence-electron chi connectivity index (χ2n) is 3.20. The molecule has 4 heteroatoms. The van der Waals surface area contributed by atoms with Crippen LogP contribution < -0.4 is 0 Å². The first kappa shape index (κ1) is 12.3. The second kappa shape index (κ2) is 4.53. The number of amides is 1. The van der Waals surface area contributed by atoms with Gasteiger partial charge in [-0.2, -0.15) is 0 Å². The Labute approximate surface area is 77.9 Å². The molecule has 1 aliphatic rings. The van der Waals surface area contributed by atoms with Crippen molar-refractivity contribution in [1.82, 2.24) is 4.90 Å². The highest BCUT2D eigenvalue weighted by molar-refractivity contribution is 5.79. The van der Waals surface area contributed by atoms with E-state index < -0.39 is 19.0 Å². The number of likely N-dealkylation sites (tertiary alicyclic amines) is 1. The van der Waals surface area contributed by atoms with E-state index in [1.54, 1.807) is 13.8 Å². The van der Waals surface area contributed by atoms with E-state index >= 15 is 0 Å². The third-order valence-corrected chi connectivity index (χ3v) is 1.65. The Hall–Kier alpha value is -0.670. The van der Waals surface area contributed by atoms with Gasteiger partial charge in [-0.1, -0.05) is 27.7 Å². The van der Waals surface area contributed by atoms with Crippen LogP contribution in [0.15, 0.2) is 0 Å². The van der Waals surface area contributed by atoms with E-state index in [1.807, 2.05) is 13.8 Å². The van der Waals surface area contributed by atoms with Crippen molar-refractivity contribution >= 4 is 5.91 Å². The van der Waals surface area contributed by atoms with Gasteiger partial charge in [0.25, 0.3) is 5.92 Å². The Morgan fingerprint density at radius 1 is 1.31 bits per heavy atom. The molecule has 0 N–H and O–H groups in total. The predicted octanol–water partition coefficient (Wildman–Crippen LogP) is 2.15. The van der Waals surface area contributed by atoms with Crippen LogP contribution >= 0.6 is 0 Å². The van der Waals surface area contributed by atoms with Crippen LogP contribution in [0.25, 0.3) is 0 Å². The average Bonchev–Trinajstić information content (AvgIpc) is 2.02. The summed E-state index contributed by atoms with van der Waals surface area (Å²) in [7, 11) is 0. The van der Waals surface area contributed by atoms with Crippen molar-refractivity contribution in [2.75, 3.05) is 13.1 Å². The maximum Gasteiger partial charge on any atom is 0.282 e. The van der Waals surface area contributed by atoms with Gasteiger partial charge in [-0.25, -0.2) is 8.78 Å². The summed E-state index contributed by atoms with van der Waals surface area (Å²) in [6.45, 7) is 6.62. The van der Waals surface area contributed by atoms with Gasteiger partial charge >= 0.3 is 0 Å². The quantitative estimate of drug-likeness (QED) is 0.624. The minimum atomic E-state index is -2.63. The summed E-state index contributed by atoms with van der Waals surface area (Å²) in [6.07, 6.45) is 0. The number of rotatable bonds is 1. The SMILES string of the molecule is CC.CC(C)C(=O)N1CC(F)(F)C1. The van der Waals surface area contributed by atoms with Crippen LogP contribution in [0.1, 0.15) is 27.7 Å². The molecule has 1 fully saturated rings. The number of hydrogen-bond acceptors (Lipinski definition) is 1. The first-order valence-electron chi connectivity index (χ1n) is 4.59. The topological polar surface area (TPSA) is 20.3 Å². The minimum Gasteiger partial charge on any atom is -0.330 e. The third-order valence-electron chi connectivity index (χ3n) is 1.65. The molecule has 0 unspecified atom stereocenters. The van der Waals surface area contributed by atoms with E-state index in [0.717, 1.165) is 0 Å². The molecule has 0 bridgehead atoms. The summed E-state index contributed by atoms with van der Waals surface area (Å²) in [4.78, 5) is 12.2. The van der Waals surface area contributed by atoms with Crippen LogP contribution in [0.3, 0.4) is 0 Å². The van der Waals surface area contributed by atoms with E-state index in [2.05, 4.69) is 0 Å². The van der Waals surface area contributed by atoms with E-state index in [1.165, 1.54) is 4.90 Å². The zero-order chi connectivity index (χ0) is 10.6. The largest absolute Gasteiger partial charge is 0.330 e. The molecular formula is C9H17F2NO. The van der Waals surface area contributed by atoms with Gasteiger partial charge in [0.15, 0.2) is 0 Å². The zero-order valence-electron chi connectivity index (χ0n) is 8.60. The molecule has 1 saturated heterocycles. The number of alkyl halides is 2. The molecule has 1 rings (SSSR count). The highest BCUT2D eigenvalue weighted by Crippen LogP contribution is 2.27. The molecule has 0 aliphatic carbocycles. The Morgan fingerprint density at radius 2 is 1.69 bits per heavy atom. The molecule has 0 aromatic rings. The average molecular weight is 193 g/mol. The molecule has 0 atom stereocenters. The fraction of sp³-hybridized carbons (Fsp3) is 0.889. The van der Waals surface area contributed by atoms with Crippen LogP contribution in [-0.4, -0.2) is 29.8 Å². The Kier molecular flexibility index (Phi) is 4.30. The van der Waals surface area contributed by atoms with Crippen LogP contribution in [0.4, 0.5) is 8.78 Å². The lowest BCUT2D eigenvalue weighted by atomic mass is 10.1. The molecule has 0 aromatic heterocycles. The Bertz CT molecular complexity index is 172. The lowest BCUT2D eigenvalue weighted by Gasteiger charge is -2.39. The maximum atomic E-state index is 12.2. The van der Waals surface area contributed by atoms with Crippen LogP contribution in [0.5, 0.6) is 0 Å². The molecule has 1 heterocycles. The molecule has 2 nitrogen and oxygen atoms in total. The molecule has 0 saturated carbocycles. The van der Waals surface area contributed by atoms with E-state index in [-0.39, 0.29) is 11.8 Å². The standard InChI is InChI=1S/C7H11F2NO.C2H6/c1-5(2)6(11)10-3-7(8,9)4-10;1-2/h5H,3-4H2,1-2H3;1-2H3. The number of carbonyl (C=O) groups excluding carboxylic acids is 1. The number of nitrogens with zero attached hydrogens (tertiary/aromatic N) is 1. The predicted molar refractivity (Wildman–Crippen MR) is 47.7 cm³/mol. The summed E-state index contributed by atoms with van der Waals surface area (Å²) in [5, 5.41) is 0. The van der Waals surface area contributed by atoms with Crippen molar-refractivity contribution < 1.29 is 13.6 Å². The summed E-state index contributed by atoms with van der Waals surface area (Å²) >= 11 is 0. The number of halogens is 2. The van der Waals surface area contributed by atoms with Crippen LogP contribution in [0, 0.1) is 5.92 Å². The van der Waals surface area contributed by atoms with Gasteiger partial charge in [-0.05, 0) is 0 Å². The van der Waals surface area contributed by atoms with Gasteiger partial charge in [0, 0.05) is 5.92 Å². The van der Waals surface area contributed by atoms with Crippen molar-refractivity contribution in [3.05, 3.63) is 0 Å². The number of hydrogen-bond donors (Lipinski definition) is 0. The maximum absolute atomic E-state index is 12.2. The molecule has 1 aliphatic heterocycles. The second-order valence-corrected chi connectivity index (χ2v) is 3.20. The van der Waals surface area contributed by atoms with Crippen molar-refractivity contribution in [1.29, 1.82) is 0 Å². The normalized spacial score (nSPS) is 18.8. The zero-order valence-corrected chi connectivity index (χ0v) is 8.60. The van der Waals surface area contributed by atoms with Crippen molar-refractivity contribution in [3.63, 3.8) is 0 Å². The van der Waals surface area contributed by atoms with Gasteiger partial charge in [0.05, 0.1) is 13.1 Å². The van der Waals surface area contributed by atoms with E-state index in [4.69, 9.17) is 0 Å². The highest BCUT2D eigenvalue weighted by Gasteiger charge is 2.46. The Morgan fingerprint density at radius 3 is 1.92 bits per heavy atom. The molecule has 13 heavy (non-hydrogen) atoms. The fourth-order valence-electron chi connectivity index (χ4n) is 1.03. The van der Waals surface area contributed by atoms with E-state index in [0.29, 0.717) is 0 Å². The van der Waals surface area contributed by atoms with Crippen molar-refractivity contribution in [2.24, 2.45) is 5.92 Å². The minimum absolute atomic E-state index is 0.175. The van der Waals surface area contributed by atoms with Crippen molar-refractivity contribution in [3.8, 4) is 0 Å². The smallest absolute Gasteiger partial charge is 0.282 e. The van der Waals surface area contributed by atoms with Gasteiger partial charge in [-0.3, -0.25) is 4.79 Å². The lowest BCUT2D eigenvalue weighted by Crippen LogP contribution is -2.59. The summed E-state index contributed by atoms with van der Waals surface area (Å²) in [5.41, 5.74) is 0. The highest BCUT2D eigenvalue weighted by atomic mass is 19.3. The molecule has 78 valence electrons. The molecular weight excluding hydrogens is 176 g/mol. The Balaban J connectivity index is 0.000000671. The fourth-order valence-corrected chi connectivity index (χ4v) is 1.03. The summed E-state index contributed by atoms with van der Waals surface area (Å²) < 4.78 is 24.4. The lowest BCUT2D eigenvalue weighted by molar-refractivity contribution is -0.168. The van der Waals surface area contributed by atoms with E-state index in [9.17, 15) is 13.6 Å². The molecule has 0 aromatic carbocycles. The van der Waals surface area contributed by atoms with Gasteiger partial charge in [0.2, 0.25) is 5.91 Å². The summed E-state index contributed by atoms with van der Waals surface area (Å²) in [5.74, 6) is -2.99. The monoisotopic (exact) mass is 193 g/mol.